The Bertz CT molecular complexity index is 445. The molecule has 0 aromatic carbocycles. The van der Waals surface area contributed by atoms with E-state index in [-0.39, 0.29) is 5.91 Å². The van der Waals surface area contributed by atoms with E-state index in [4.69, 9.17) is 0 Å². The van der Waals surface area contributed by atoms with Gasteiger partial charge in [-0.05, 0) is 0 Å². The number of aryl methyl sites for hydroxylation is 1. The third kappa shape index (κ3) is 2.22. The maximum absolute atomic E-state index is 11.5. The number of nitrogens with one attached hydrogen (secondary N) is 2. The van der Waals surface area contributed by atoms with E-state index in [0.717, 1.165) is 5.56 Å². The number of hydrogen-bond acceptors (Lipinski definition) is 3. The van der Waals surface area contributed by atoms with Crippen molar-refractivity contribution < 1.29 is 4.79 Å². The molecule has 2 aromatic heterocycles. The smallest absolute Gasteiger partial charge is 0.271 e. The van der Waals surface area contributed by atoms with E-state index in [1.807, 2.05) is 7.05 Å². The molecule has 0 bridgehead atoms. The second-order valence-electron chi connectivity index (χ2n) is 3.21. The summed E-state index contributed by atoms with van der Waals surface area (Å²) in [6.45, 7) is 0.450. The predicted molar refractivity (Wildman–Crippen MR) is 53.0 cm³/mol. The summed E-state index contributed by atoms with van der Waals surface area (Å²) in [7, 11) is 1.82. The van der Waals surface area contributed by atoms with Gasteiger partial charge in [0, 0.05) is 31.5 Å². The molecule has 2 aromatic rings. The molecule has 0 aliphatic heterocycles. The summed E-state index contributed by atoms with van der Waals surface area (Å²) in [5, 5.41) is 9.20. The maximum Gasteiger partial charge on any atom is 0.271 e. The van der Waals surface area contributed by atoms with E-state index in [1.54, 1.807) is 29.5 Å². The second-order valence-corrected chi connectivity index (χ2v) is 3.21. The van der Waals surface area contributed by atoms with E-state index >= 15 is 0 Å². The summed E-state index contributed by atoms with van der Waals surface area (Å²) >= 11 is 0. The first-order valence-electron chi connectivity index (χ1n) is 4.49. The van der Waals surface area contributed by atoms with Gasteiger partial charge in [0.25, 0.3) is 5.91 Å². The van der Waals surface area contributed by atoms with Gasteiger partial charge < -0.3 is 9.88 Å². The summed E-state index contributed by atoms with van der Waals surface area (Å²) < 4.78 is 1.73. The minimum Gasteiger partial charge on any atom is -0.346 e. The lowest BCUT2D eigenvalue weighted by molar-refractivity contribution is 0.0946. The van der Waals surface area contributed by atoms with Crippen LogP contribution < -0.4 is 5.32 Å². The van der Waals surface area contributed by atoms with Gasteiger partial charge in [-0.1, -0.05) is 0 Å². The highest BCUT2D eigenvalue weighted by atomic mass is 16.1. The van der Waals surface area contributed by atoms with Crippen LogP contribution in [-0.2, 0) is 13.6 Å². The molecule has 2 N–H and O–H groups in total. The predicted octanol–water partition coefficient (Wildman–Crippen LogP) is 0.0732. The van der Waals surface area contributed by atoms with Crippen molar-refractivity contribution in [3.8, 4) is 0 Å². The first-order valence-corrected chi connectivity index (χ1v) is 4.49. The van der Waals surface area contributed by atoms with Crippen molar-refractivity contribution in [1.82, 2.24) is 25.1 Å². The molecule has 2 heterocycles. The van der Waals surface area contributed by atoms with Crippen LogP contribution in [0.3, 0.4) is 0 Å². The fourth-order valence-corrected chi connectivity index (χ4v) is 1.18. The lowest BCUT2D eigenvalue weighted by Gasteiger charge is -1.99. The fourth-order valence-electron chi connectivity index (χ4n) is 1.18. The molecular weight excluding hydrogens is 194 g/mol. The van der Waals surface area contributed by atoms with Crippen LogP contribution in [0.2, 0.25) is 0 Å². The number of H-pyrrole nitrogens is 1. The van der Waals surface area contributed by atoms with Gasteiger partial charge in [0.15, 0.2) is 0 Å². The Hall–Kier alpha value is -2.11. The summed E-state index contributed by atoms with van der Waals surface area (Å²) in [5.74, 6) is -0.184. The zero-order chi connectivity index (χ0) is 10.7. The highest BCUT2D eigenvalue weighted by molar-refractivity contribution is 5.91. The Balaban J connectivity index is 1.93. The number of nitrogens with zero attached hydrogens (tertiary/aromatic N) is 3. The van der Waals surface area contributed by atoms with Gasteiger partial charge in [-0.25, -0.2) is 4.98 Å². The molecule has 0 fully saturated rings. The molecule has 0 aliphatic rings. The van der Waals surface area contributed by atoms with E-state index < -0.39 is 0 Å². The number of aromatic amines is 1. The van der Waals surface area contributed by atoms with Crippen LogP contribution in [0.15, 0.2) is 24.9 Å². The van der Waals surface area contributed by atoms with Gasteiger partial charge in [0.1, 0.15) is 5.69 Å². The van der Waals surface area contributed by atoms with Crippen LogP contribution in [0.1, 0.15) is 16.1 Å². The van der Waals surface area contributed by atoms with Gasteiger partial charge in [0.2, 0.25) is 0 Å². The van der Waals surface area contributed by atoms with Crippen LogP contribution >= 0.6 is 0 Å². The molecule has 78 valence electrons. The van der Waals surface area contributed by atoms with E-state index in [0.29, 0.717) is 12.2 Å². The molecule has 0 unspecified atom stereocenters. The van der Waals surface area contributed by atoms with Crippen LogP contribution in [0.5, 0.6) is 0 Å². The van der Waals surface area contributed by atoms with Crippen molar-refractivity contribution in [2.24, 2.45) is 7.05 Å². The number of imidazole rings is 1. The van der Waals surface area contributed by atoms with Crippen molar-refractivity contribution in [2.45, 2.75) is 6.54 Å². The second kappa shape index (κ2) is 3.95. The molecule has 0 saturated heterocycles. The fraction of sp³-hybridized carbons (Fsp3) is 0.222. The molecule has 0 saturated carbocycles. The lowest BCUT2D eigenvalue weighted by atomic mass is 10.3. The Morgan fingerprint density at radius 3 is 3.13 bits per heavy atom. The quantitative estimate of drug-likeness (QED) is 0.744. The van der Waals surface area contributed by atoms with Crippen LogP contribution in [0, 0.1) is 0 Å². The first-order chi connectivity index (χ1) is 7.25. The SMILES string of the molecule is Cn1cnc(C(=O)NCc2cn[nH]c2)c1. The van der Waals surface area contributed by atoms with Crippen molar-refractivity contribution in [3.63, 3.8) is 0 Å². The molecule has 6 heteroatoms. The summed E-state index contributed by atoms with van der Waals surface area (Å²) in [5.41, 5.74) is 1.35. The Kier molecular flexibility index (Phi) is 2.49. The Morgan fingerprint density at radius 1 is 1.67 bits per heavy atom. The average molecular weight is 205 g/mol. The van der Waals surface area contributed by atoms with Gasteiger partial charge in [0.05, 0.1) is 12.5 Å². The normalized spacial score (nSPS) is 10.2. The Labute approximate surface area is 86.3 Å². The molecule has 0 atom stereocenters. The van der Waals surface area contributed by atoms with E-state index in [9.17, 15) is 4.79 Å². The zero-order valence-corrected chi connectivity index (χ0v) is 8.27. The van der Waals surface area contributed by atoms with Crippen LogP contribution in [0.4, 0.5) is 0 Å². The third-order valence-electron chi connectivity index (χ3n) is 1.95. The topological polar surface area (TPSA) is 75.6 Å². The first kappa shape index (κ1) is 9.45. The summed E-state index contributed by atoms with van der Waals surface area (Å²) in [6, 6.07) is 0. The molecular formula is C9H11N5O. The summed E-state index contributed by atoms with van der Waals surface area (Å²) in [4.78, 5) is 15.5. The zero-order valence-electron chi connectivity index (χ0n) is 8.27. The minimum absolute atomic E-state index is 0.184. The number of hydrogen-bond donors (Lipinski definition) is 2. The lowest BCUT2D eigenvalue weighted by Crippen LogP contribution is -2.22. The van der Waals surface area contributed by atoms with Crippen molar-refractivity contribution in [1.29, 1.82) is 0 Å². The molecule has 6 nitrogen and oxygen atoms in total. The Morgan fingerprint density at radius 2 is 2.53 bits per heavy atom. The molecule has 0 spiro atoms. The van der Waals surface area contributed by atoms with Crippen molar-refractivity contribution >= 4 is 5.91 Å². The monoisotopic (exact) mass is 205 g/mol. The van der Waals surface area contributed by atoms with Gasteiger partial charge in [-0.15, -0.1) is 0 Å². The van der Waals surface area contributed by atoms with Crippen molar-refractivity contribution in [3.05, 3.63) is 36.2 Å². The maximum atomic E-state index is 11.5. The average Bonchev–Trinajstić information content (AvgIpc) is 2.84. The van der Waals surface area contributed by atoms with Gasteiger partial charge in [-0.3, -0.25) is 9.89 Å². The number of rotatable bonds is 3. The minimum atomic E-state index is -0.184. The van der Waals surface area contributed by atoms with E-state index in [2.05, 4.69) is 20.5 Å². The molecule has 2 rings (SSSR count). The number of carbonyl (C=O) groups excluding carboxylic acids is 1. The van der Waals surface area contributed by atoms with Crippen molar-refractivity contribution in [2.75, 3.05) is 0 Å². The highest BCUT2D eigenvalue weighted by Gasteiger charge is 2.07. The van der Waals surface area contributed by atoms with Gasteiger partial charge >= 0.3 is 0 Å². The molecule has 0 aliphatic carbocycles. The third-order valence-corrected chi connectivity index (χ3v) is 1.95. The summed E-state index contributed by atoms with van der Waals surface area (Å²) in [6.07, 6.45) is 6.66. The van der Waals surface area contributed by atoms with Crippen LogP contribution in [0.25, 0.3) is 0 Å². The standard InChI is InChI=1S/C9H11N5O/c1-14-5-8(11-6-14)9(15)10-2-7-3-12-13-4-7/h3-6H,2H2,1H3,(H,10,15)(H,12,13). The van der Waals surface area contributed by atoms with Gasteiger partial charge in [-0.2, -0.15) is 5.10 Å². The molecule has 1 amide bonds. The molecule has 0 radical (unpaired) electrons. The highest BCUT2D eigenvalue weighted by Crippen LogP contribution is 1.96. The van der Waals surface area contributed by atoms with E-state index in [1.165, 1.54) is 0 Å². The van der Waals surface area contributed by atoms with Crippen LogP contribution in [-0.4, -0.2) is 25.7 Å². The largest absolute Gasteiger partial charge is 0.346 e. The number of aromatic nitrogens is 4. The number of amides is 1. The molecule has 15 heavy (non-hydrogen) atoms. The number of carbonyl (C=O) groups is 1.